The Bertz CT molecular complexity index is 451. The summed E-state index contributed by atoms with van der Waals surface area (Å²) in [6.07, 6.45) is 3.00. The number of halogens is 1. The number of rotatable bonds is 3. The molecule has 0 aromatic heterocycles. The quantitative estimate of drug-likeness (QED) is 0.898. The fourth-order valence-corrected chi connectivity index (χ4v) is 2.65. The lowest BCUT2D eigenvalue weighted by molar-refractivity contribution is 0.0933. The van der Waals surface area contributed by atoms with E-state index in [1.165, 1.54) is 0 Å². The van der Waals surface area contributed by atoms with Gasteiger partial charge in [-0.15, -0.1) is 0 Å². The van der Waals surface area contributed by atoms with Gasteiger partial charge >= 0.3 is 0 Å². The SMILES string of the molecule is COc1ccc(Br)c(C(=O)NC2CCCC2N)c1. The Morgan fingerprint density at radius 3 is 2.89 bits per heavy atom. The van der Waals surface area contributed by atoms with Crippen LogP contribution < -0.4 is 15.8 Å². The summed E-state index contributed by atoms with van der Waals surface area (Å²) < 4.78 is 5.88. The van der Waals surface area contributed by atoms with Gasteiger partial charge in [0, 0.05) is 16.6 Å². The molecule has 1 amide bonds. The molecule has 0 aliphatic heterocycles. The van der Waals surface area contributed by atoms with Crippen LogP contribution in [0, 0.1) is 0 Å². The number of nitrogens with one attached hydrogen (secondary N) is 1. The maximum Gasteiger partial charge on any atom is 0.252 e. The van der Waals surface area contributed by atoms with Gasteiger partial charge in [-0.2, -0.15) is 0 Å². The van der Waals surface area contributed by atoms with Gasteiger partial charge in [0.2, 0.25) is 0 Å². The van der Waals surface area contributed by atoms with E-state index in [0.717, 1.165) is 23.7 Å². The molecule has 2 atom stereocenters. The highest BCUT2D eigenvalue weighted by atomic mass is 79.9. The molecule has 1 aliphatic carbocycles. The first-order valence-corrected chi connectivity index (χ1v) is 6.81. The summed E-state index contributed by atoms with van der Waals surface area (Å²) in [5, 5.41) is 2.99. The molecule has 98 valence electrons. The molecule has 5 heteroatoms. The second kappa shape index (κ2) is 5.71. The van der Waals surface area contributed by atoms with Gasteiger partial charge < -0.3 is 15.8 Å². The molecule has 0 spiro atoms. The molecule has 1 saturated carbocycles. The van der Waals surface area contributed by atoms with Gasteiger partial charge in [0.05, 0.1) is 12.7 Å². The summed E-state index contributed by atoms with van der Waals surface area (Å²) in [5.74, 6) is 0.558. The Morgan fingerprint density at radius 1 is 1.50 bits per heavy atom. The standard InChI is InChI=1S/C13H17BrN2O2/c1-18-8-5-6-10(14)9(7-8)13(17)16-12-4-2-3-11(12)15/h5-7,11-12H,2-4,15H2,1H3,(H,16,17). The molecule has 1 aromatic rings. The smallest absolute Gasteiger partial charge is 0.252 e. The zero-order valence-corrected chi connectivity index (χ0v) is 11.9. The number of benzene rings is 1. The third kappa shape index (κ3) is 2.84. The number of carbonyl (C=O) groups is 1. The van der Waals surface area contributed by atoms with Crippen LogP contribution in [0.3, 0.4) is 0 Å². The minimum atomic E-state index is -0.108. The van der Waals surface area contributed by atoms with E-state index in [9.17, 15) is 4.79 Å². The Balaban J connectivity index is 2.12. The molecule has 4 nitrogen and oxygen atoms in total. The van der Waals surface area contributed by atoms with Crippen molar-refractivity contribution in [3.8, 4) is 5.75 Å². The lowest BCUT2D eigenvalue weighted by atomic mass is 10.1. The molecule has 1 aliphatic rings. The summed E-state index contributed by atoms with van der Waals surface area (Å²) >= 11 is 3.38. The van der Waals surface area contributed by atoms with Crippen molar-refractivity contribution in [2.24, 2.45) is 5.73 Å². The predicted molar refractivity (Wildman–Crippen MR) is 73.8 cm³/mol. The van der Waals surface area contributed by atoms with E-state index < -0.39 is 0 Å². The van der Waals surface area contributed by atoms with E-state index in [2.05, 4.69) is 21.2 Å². The molecule has 1 aromatic carbocycles. The van der Waals surface area contributed by atoms with Crippen molar-refractivity contribution in [1.82, 2.24) is 5.32 Å². The van der Waals surface area contributed by atoms with Crippen molar-refractivity contribution in [1.29, 1.82) is 0 Å². The maximum atomic E-state index is 12.2. The molecule has 1 fully saturated rings. The second-order valence-corrected chi connectivity index (χ2v) is 5.37. The monoisotopic (exact) mass is 312 g/mol. The average molecular weight is 313 g/mol. The number of methoxy groups -OCH3 is 1. The molecule has 0 radical (unpaired) electrons. The summed E-state index contributed by atoms with van der Waals surface area (Å²) in [4.78, 5) is 12.2. The van der Waals surface area contributed by atoms with E-state index in [-0.39, 0.29) is 18.0 Å². The number of ether oxygens (including phenoxy) is 1. The van der Waals surface area contributed by atoms with Crippen LogP contribution in [0.1, 0.15) is 29.6 Å². The van der Waals surface area contributed by atoms with Gasteiger partial charge in [0.15, 0.2) is 0 Å². The fourth-order valence-electron chi connectivity index (χ4n) is 2.22. The third-order valence-electron chi connectivity index (χ3n) is 3.30. The maximum absolute atomic E-state index is 12.2. The van der Waals surface area contributed by atoms with E-state index >= 15 is 0 Å². The van der Waals surface area contributed by atoms with Gasteiger partial charge in [0.25, 0.3) is 5.91 Å². The van der Waals surface area contributed by atoms with Crippen LogP contribution >= 0.6 is 15.9 Å². The highest BCUT2D eigenvalue weighted by molar-refractivity contribution is 9.10. The number of amides is 1. The largest absolute Gasteiger partial charge is 0.497 e. The van der Waals surface area contributed by atoms with Crippen LogP contribution in [0.5, 0.6) is 5.75 Å². The van der Waals surface area contributed by atoms with Gasteiger partial charge in [-0.05, 0) is 53.4 Å². The molecule has 0 heterocycles. The van der Waals surface area contributed by atoms with Crippen molar-refractivity contribution in [2.75, 3.05) is 7.11 Å². The topological polar surface area (TPSA) is 64.3 Å². The van der Waals surface area contributed by atoms with Crippen molar-refractivity contribution in [2.45, 2.75) is 31.3 Å². The second-order valence-electron chi connectivity index (χ2n) is 4.52. The molecule has 2 rings (SSSR count). The predicted octanol–water partition coefficient (Wildman–Crippen LogP) is 2.07. The fraction of sp³-hybridized carbons (Fsp3) is 0.462. The van der Waals surface area contributed by atoms with E-state index in [1.54, 1.807) is 13.2 Å². The van der Waals surface area contributed by atoms with Crippen LogP contribution in [-0.2, 0) is 0 Å². The van der Waals surface area contributed by atoms with Crippen molar-refractivity contribution >= 4 is 21.8 Å². The summed E-state index contributed by atoms with van der Waals surface area (Å²) in [5.41, 5.74) is 6.53. The third-order valence-corrected chi connectivity index (χ3v) is 4.00. The van der Waals surface area contributed by atoms with Crippen molar-refractivity contribution < 1.29 is 9.53 Å². The lowest BCUT2D eigenvalue weighted by Gasteiger charge is -2.18. The van der Waals surface area contributed by atoms with Crippen LogP contribution in [-0.4, -0.2) is 25.1 Å². The molecule has 18 heavy (non-hydrogen) atoms. The Labute approximate surface area is 115 Å². The summed E-state index contributed by atoms with van der Waals surface area (Å²) in [7, 11) is 1.58. The Hall–Kier alpha value is -1.07. The highest BCUT2D eigenvalue weighted by Gasteiger charge is 2.26. The van der Waals surface area contributed by atoms with E-state index in [0.29, 0.717) is 11.3 Å². The first-order chi connectivity index (χ1) is 8.61. The molecular formula is C13H17BrN2O2. The normalized spacial score (nSPS) is 22.8. The number of hydrogen-bond donors (Lipinski definition) is 2. The first-order valence-electron chi connectivity index (χ1n) is 6.02. The van der Waals surface area contributed by atoms with Crippen molar-refractivity contribution in [3.63, 3.8) is 0 Å². The highest BCUT2D eigenvalue weighted by Crippen LogP contribution is 2.23. The van der Waals surface area contributed by atoms with E-state index in [4.69, 9.17) is 10.5 Å². The minimum Gasteiger partial charge on any atom is -0.497 e. The Morgan fingerprint density at radius 2 is 2.28 bits per heavy atom. The van der Waals surface area contributed by atoms with Gasteiger partial charge in [-0.3, -0.25) is 4.79 Å². The van der Waals surface area contributed by atoms with Gasteiger partial charge in [-0.1, -0.05) is 0 Å². The average Bonchev–Trinajstić information content (AvgIpc) is 2.75. The number of nitrogens with two attached hydrogens (primary N) is 1. The lowest BCUT2D eigenvalue weighted by Crippen LogP contribution is -2.44. The Kier molecular flexibility index (Phi) is 4.24. The van der Waals surface area contributed by atoms with Gasteiger partial charge in [-0.25, -0.2) is 0 Å². The molecule has 0 saturated heterocycles. The van der Waals surface area contributed by atoms with Crippen LogP contribution in [0.2, 0.25) is 0 Å². The van der Waals surface area contributed by atoms with Gasteiger partial charge in [0.1, 0.15) is 5.75 Å². The zero-order chi connectivity index (χ0) is 13.1. The van der Waals surface area contributed by atoms with Crippen molar-refractivity contribution in [3.05, 3.63) is 28.2 Å². The molecule has 0 bridgehead atoms. The zero-order valence-electron chi connectivity index (χ0n) is 10.3. The first kappa shape index (κ1) is 13.4. The molecule has 2 unspecified atom stereocenters. The summed E-state index contributed by atoms with van der Waals surface area (Å²) in [6, 6.07) is 5.48. The van der Waals surface area contributed by atoms with Crippen LogP contribution in [0.15, 0.2) is 22.7 Å². The number of hydrogen-bond acceptors (Lipinski definition) is 3. The minimum absolute atomic E-state index is 0.0679. The molecule has 3 N–H and O–H groups in total. The molecular weight excluding hydrogens is 296 g/mol. The summed E-state index contributed by atoms with van der Waals surface area (Å²) in [6.45, 7) is 0. The van der Waals surface area contributed by atoms with E-state index in [1.807, 2.05) is 12.1 Å². The van der Waals surface area contributed by atoms with Crippen LogP contribution in [0.25, 0.3) is 0 Å². The number of carbonyl (C=O) groups excluding carboxylic acids is 1. The van der Waals surface area contributed by atoms with Crippen LogP contribution in [0.4, 0.5) is 0 Å².